The lowest BCUT2D eigenvalue weighted by Crippen LogP contribution is -2.41. The van der Waals surface area contributed by atoms with E-state index in [1.54, 1.807) is 19.1 Å². The van der Waals surface area contributed by atoms with E-state index in [1.165, 1.54) is 29.5 Å². The van der Waals surface area contributed by atoms with Gasteiger partial charge in [0, 0.05) is 18.2 Å². The molecule has 2 aromatic rings. The van der Waals surface area contributed by atoms with E-state index in [2.05, 4.69) is 10.5 Å². The fourth-order valence-corrected chi connectivity index (χ4v) is 3.49. The lowest BCUT2D eigenvalue weighted by atomic mass is 9.89. The van der Waals surface area contributed by atoms with Gasteiger partial charge in [-0.1, -0.05) is 30.5 Å². The van der Waals surface area contributed by atoms with Crippen molar-refractivity contribution in [3.63, 3.8) is 0 Å². The molecule has 1 saturated carbocycles. The highest BCUT2D eigenvalue weighted by Gasteiger charge is 2.24. The third kappa shape index (κ3) is 5.39. The topological polar surface area (TPSA) is 75.4 Å². The van der Waals surface area contributed by atoms with Crippen LogP contribution in [0.5, 0.6) is 0 Å². The normalized spacial score (nSPS) is 14.7. The number of carbonyl (C=O) groups is 2. The number of carbonyl (C=O) groups excluding carboxylic acids is 2. The van der Waals surface area contributed by atoms with E-state index in [4.69, 9.17) is 4.52 Å². The lowest BCUT2D eigenvalue weighted by Gasteiger charge is -2.29. The summed E-state index contributed by atoms with van der Waals surface area (Å²) in [5.74, 6) is 0.0864. The van der Waals surface area contributed by atoms with Crippen LogP contribution in [0.15, 0.2) is 34.9 Å². The zero-order valence-corrected chi connectivity index (χ0v) is 15.4. The van der Waals surface area contributed by atoms with Crippen molar-refractivity contribution < 1.29 is 18.5 Å². The lowest BCUT2D eigenvalue weighted by molar-refractivity contribution is -0.117. The van der Waals surface area contributed by atoms with Crippen LogP contribution in [-0.2, 0) is 4.79 Å². The Kier molecular flexibility index (Phi) is 6.21. The molecule has 3 rings (SSSR count). The van der Waals surface area contributed by atoms with Gasteiger partial charge in [0.05, 0.1) is 0 Å². The van der Waals surface area contributed by atoms with E-state index in [1.807, 2.05) is 0 Å². The van der Waals surface area contributed by atoms with Crippen molar-refractivity contribution >= 4 is 17.6 Å². The first-order valence-corrected chi connectivity index (χ1v) is 9.29. The monoisotopic (exact) mass is 373 g/mol. The second kappa shape index (κ2) is 8.79. The second-order valence-electron chi connectivity index (χ2n) is 7.07. The van der Waals surface area contributed by atoms with Crippen molar-refractivity contribution in [2.75, 3.05) is 18.4 Å². The average Bonchev–Trinajstić information content (AvgIpc) is 3.06. The van der Waals surface area contributed by atoms with Crippen molar-refractivity contribution in [2.45, 2.75) is 39.0 Å². The van der Waals surface area contributed by atoms with Crippen LogP contribution in [0.25, 0.3) is 0 Å². The Morgan fingerprint density at radius 3 is 2.70 bits per heavy atom. The number of rotatable bonds is 6. The molecular formula is C20H24FN3O3. The first-order valence-electron chi connectivity index (χ1n) is 9.29. The van der Waals surface area contributed by atoms with Crippen LogP contribution in [-0.4, -0.2) is 35.0 Å². The standard InChI is InChI=1S/C20H24FN3O3/c1-14-10-18(23-27-14)22-19(25)13-24(12-15-6-3-2-4-7-15)20(26)16-8-5-9-17(21)11-16/h5,8-11,15H,2-4,6-7,12-13H2,1H3,(H,22,23,25). The third-order valence-electron chi connectivity index (χ3n) is 4.79. The molecule has 1 aromatic heterocycles. The fraction of sp³-hybridized carbons (Fsp3) is 0.450. The highest BCUT2D eigenvalue weighted by Crippen LogP contribution is 2.25. The van der Waals surface area contributed by atoms with Gasteiger partial charge in [0.25, 0.3) is 5.91 Å². The van der Waals surface area contributed by atoms with Gasteiger partial charge in [0.1, 0.15) is 18.1 Å². The van der Waals surface area contributed by atoms with Gasteiger partial charge < -0.3 is 14.7 Å². The molecule has 0 spiro atoms. The van der Waals surface area contributed by atoms with E-state index >= 15 is 0 Å². The van der Waals surface area contributed by atoms with Crippen LogP contribution in [0.4, 0.5) is 10.2 Å². The average molecular weight is 373 g/mol. The quantitative estimate of drug-likeness (QED) is 0.836. The van der Waals surface area contributed by atoms with Gasteiger partial charge >= 0.3 is 0 Å². The van der Waals surface area contributed by atoms with Crippen LogP contribution < -0.4 is 5.32 Å². The molecule has 7 heteroatoms. The molecule has 1 aromatic carbocycles. The number of anilines is 1. The molecule has 0 atom stereocenters. The molecule has 0 radical (unpaired) electrons. The van der Waals surface area contributed by atoms with Crippen LogP contribution >= 0.6 is 0 Å². The summed E-state index contributed by atoms with van der Waals surface area (Å²) in [5.41, 5.74) is 0.246. The third-order valence-corrected chi connectivity index (χ3v) is 4.79. The zero-order valence-electron chi connectivity index (χ0n) is 15.4. The summed E-state index contributed by atoms with van der Waals surface area (Å²) in [6, 6.07) is 7.17. The number of hydrogen-bond acceptors (Lipinski definition) is 4. The molecule has 27 heavy (non-hydrogen) atoms. The molecule has 1 aliphatic carbocycles. The van der Waals surface area contributed by atoms with Gasteiger partial charge in [-0.25, -0.2) is 4.39 Å². The molecule has 144 valence electrons. The molecule has 1 N–H and O–H groups in total. The maximum absolute atomic E-state index is 13.5. The number of aromatic nitrogens is 1. The largest absolute Gasteiger partial charge is 0.360 e. The van der Waals surface area contributed by atoms with E-state index in [9.17, 15) is 14.0 Å². The van der Waals surface area contributed by atoms with Crippen molar-refractivity contribution in [2.24, 2.45) is 5.92 Å². The Bertz CT molecular complexity index is 799. The van der Waals surface area contributed by atoms with Gasteiger partial charge in [-0.15, -0.1) is 0 Å². The van der Waals surface area contributed by atoms with Crippen molar-refractivity contribution in [1.82, 2.24) is 10.1 Å². The molecule has 1 heterocycles. The van der Waals surface area contributed by atoms with Gasteiger partial charge in [0.15, 0.2) is 5.82 Å². The number of halogens is 1. The maximum atomic E-state index is 13.5. The van der Waals surface area contributed by atoms with Crippen molar-refractivity contribution in [1.29, 1.82) is 0 Å². The smallest absolute Gasteiger partial charge is 0.254 e. The van der Waals surface area contributed by atoms with Crippen LogP contribution in [0.2, 0.25) is 0 Å². The SMILES string of the molecule is Cc1cc(NC(=O)CN(CC2CCCCC2)C(=O)c2cccc(F)c2)no1. The summed E-state index contributed by atoms with van der Waals surface area (Å²) in [4.78, 5) is 26.8. The summed E-state index contributed by atoms with van der Waals surface area (Å²) in [5, 5.41) is 6.37. The first kappa shape index (κ1) is 19.1. The van der Waals surface area contributed by atoms with E-state index in [0.717, 1.165) is 25.7 Å². The predicted molar refractivity (Wildman–Crippen MR) is 98.7 cm³/mol. The molecule has 6 nitrogen and oxygen atoms in total. The molecule has 0 aliphatic heterocycles. The molecule has 0 unspecified atom stereocenters. The van der Waals surface area contributed by atoms with Crippen LogP contribution in [0.1, 0.15) is 48.2 Å². The number of amides is 2. The number of aryl methyl sites for hydroxylation is 1. The van der Waals surface area contributed by atoms with Gasteiger partial charge in [-0.2, -0.15) is 0 Å². The Balaban J connectivity index is 1.71. The minimum Gasteiger partial charge on any atom is -0.360 e. The summed E-state index contributed by atoms with van der Waals surface area (Å²) in [6.45, 7) is 2.10. The molecule has 1 aliphatic rings. The Hall–Kier alpha value is -2.70. The van der Waals surface area contributed by atoms with Crippen molar-refractivity contribution in [3.8, 4) is 0 Å². The molecule has 0 saturated heterocycles. The summed E-state index contributed by atoms with van der Waals surface area (Å²) >= 11 is 0. The number of benzene rings is 1. The van der Waals surface area contributed by atoms with E-state index < -0.39 is 5.82 Å². The Labute approximate surface area is 157 Å². The zero-order chi connectivity index (χ0) is 19.2. The van der Waals surface area contributed by atoms with Crippen molar-refractivity contribution in [3.05, 3.63) is 47.5 Å². The fourth-order valence-electron chi connectivity index (χ4n) is 3.49. The Morgan fingerprint density at radius 1 is 1.26 bits per heavy atom. The van der Waals surface area contributed by atoms with Gasteiger partial charge in [0.2, 0.25) is 5.91 Å². The molecular weight excluding hydrogens is 349 g/mol. The predicted octanol–water partition coefficient (Wildman–Crippen LogP) is 3.78. The number of nitrogens with one attached hydrogen (secondary N) is 1. The highest BCUT2D eigenvalue weighted by molar-refractivity contribution is 5.99. The summed E-state index contributed by atoms with van der Waals surface area (Å²) < 4.78 is 18.5. The first-order chi connectivity index (χ1) is 13.0. The van der Waals surface area contributed by atoms with Gasteiger partial charge in [-0.05, 0) is 43.9 Å². The molecule has 0 bridgehead atoms. The minimum atomic E-state index is -0.471. The van der Waals surface area contributed by atoms with Crippen LogP contribution in [0, 0.1) is 18.7 Å². The Morgan fingerprint density at radius 2 is 2.04 bits per heavy atom. The second-order valence-corrected chi connectivity index (χ2v) is 7.07. The number of hydrogen-bond donors (Lipinski definition) is 1. The maximum Gasteiger partial charge on any atom is 0.254 e. The van der Waals surface area contributed by atoms with E-state index in [-0.39, 0.29) is 23.9 Å². The molecule has 1 fully saturated rings. The van der Waals surface area contributed by atoms with Crippen LogP contribution in [0.3, 0.4) is 0 Å². The van der Waals surface area contributed by atoms with Gasteiger partial charge in [-0.3, -0.25) is 9.59 Å². The highest BCUT2D eigenvalue weighted by atomic mass is 19.1. The summed E-state index contributed by atoms with van der Waals surface area (Å²) in [7, 11) is 0. The molecule has 2 amide bonds. The minimum absolute atomic E-state index is 0.113. The van der Waals surface area contributed by atoms with E-state index in [0.29, 0.717) is 24.0 Å². The summed E-state index contributed by atoms with van der Waals surface area (Å²) in [6.07, 6.45) is 5.56. The number of nitrogens with zero attached hydrogens (tertiary/aromatic N) is 2.